The van der Waals surface area contributed by atoms with Gasteiger partial charge in [0.15, 0.2) is 0 Å². The van der Waals surface area contributed by atoms with Gasteiger partial charge in [-0.1, -0.05) is 31.2 Å². The Morgan fingerprint density at radius 1 is 1.26 bits per heavy atom. The Morgan fingerprint density at radius 3 is 2.70 bits per heavy atom. The molecule has 1 amide bonds. The van der Waals surface area contributed by atoms with Crippen LogP contribution in [0, 0.1) is 6.92 Å². The molecule has 0 saturated carbocycles. The molecule has 2 aromatic carbocycles. The average molecular weight is 311 g/mol. The molecular weight excluding hydrogens is 290 g/mol. The SMILES string of the molecule is CCc1ccccc1OC1CN(C(=O)c2ccc(C)c(O)c2)C1. The van der Waals surface area contributed by atoms with E-state index in [4.69, 9.17) is 4.74 Å². The fourth-order valence-corrected chi connectivity index (χ4v) is 2.69. The third-order valence-electron chi connectivity index (χ3n) is 4.24. The fourth-order valence-electron chi connectivity index (χ4n) is 2.69. The van der Waals surface area contributed by atoms with E-state index in [0.717, 1.165) is 17.7 Å². The summed E-state index contributed by atoms with van der Waals surface area (Å²) in [6, 6.07) is 13.0. The minimum atomic E-state index is -0.0658. The first-order valence-electron chi connectivity index (χ1n) is 7.92. The van der Waals surface area contributed by atoms with Crippen LogP contribution in [0.25, 0.3) is 0 Å². The highest BCUT2D eigenvalue weighted by Gasteiger charge is 2.33. The molecule has 0 atom stereocenters. The second kappa shape index (κ2) is 6.32. The van der Waals surface area contributed by atoms with E-state index in [-0.39, 0.29) is 17.8 Å². The van der Waals surface area contributed by atoms with Gasteiger partial charge in [-0.25, -0.2) is 0 Å². The van der Waals surface area contributed by atoms with Gasteiger partial charge in [0.05, 0.1) is 13.1 Å². The summed E-state index contributed by atoms with van der Waals surface area (Å²) < 4.78 is 5.99. The highest BCUT2D eigenvalue weighted by molar-refractivity contribution is 5.95. The van der Waals surface area contributed by atoms with E-state index in [9.17, 15) is 9.90 Å². The molecule has 4 heteroatoms. The maximum absolute atomic E-state index is 12.4. The summed E-state index contributed by atoms with van der Waals surface area (Å²) in [4.78, 5) is 14.1. The van der Waals surface area contributed by atoms with Gasteiger partial charge >= 0.3 is 0 Å². The molecule has 0 bridgehead atoms. The van der Waals surface area contributed by atoms with Crippen LogP contribution in [0.1, 0.15) is 28.4 Å². The summed E-state index contributed by atoms with van der Waals surface area (Å²) >= 11 is 0. The molecule has 1 fully saturated rings. The molecule has 1 aliphatic heterocycles. The van der Waals surface area contributed by atoms with Crippen LogP contribution in [0.5, 0.6) is 11.5 Å². The van der Waals surface area contributed by atoms with Crippen LogP contribution >= 0.6 is 0 Å². The minimum absolute atomic E-state index is 0.0331. The standard InChI is InChI=1S/C19H21NO3/c1-3-14-6-4-5-7-18(14)23-16-11-20(12-16)19(22)15-9-8-13(2)17(21)10-15/h4-10,16,21H,3,11-12H2,1-2H3. The lowest BCUT2D eigenvalue weighted by Crippen LogP contribution is -2.56. The molecule has 2 aromatic rings. The number of phenolic OH excluding ortho intramolecular Hbond substituents is 1. The van der Waals surface area contributed by atoms with Gasteiger partial charge in [0.2, 0.25) is 0 Å². The van der Waals surface area contributed by atoms with Crippen LogP contribution in [-0.2, 0) is 6.42 Å². The number of nitrogens with zero attached hydrogens (tertiary/aromatic N) is 1. The summed E-state index contributed by atoms with van der Waals surface area (Å²) in [7, 11) is 0. The normalized spacial score (nSPS) is 14.4. The second-order valence-electron chi connectivity index (χ2n) is 5.91. The van der Waals surface area contributed by atoms with E-state index in [2.05, 4.69) is 13.0 Å². The maximum atomic E-state index is 12.4. The maximum Gasteiger partial charge on any atom is 0.254 e. The number of phenols is 1. The lowest BCUT2D eigenvalue weighted by atomic mass is 10.1. The zero-order chi connectivity index (χ0) is 16.4. The molecule has 1 aliphatic rings. The number of carbonyl (C=O) groups excluding carboxylic acids is 1. The van der Waals surface area contributed by atoms with Gasteiger partial charge in [-0.15, -0.1) is 0 Å². The van der Waals surface area contributed by atoms with Gasteiger partial charge in [-0.2, -0.15) is 0 Å². The summed E-state index contributed by atoms with van der Waals surface area (Å²) in [5.41, 5.74) is 2.46. The van der Waals surface area contributed by atoms with Crippen LogP contribution in [0.15, 0.2) is 42.5 Å². The van der Waals surface area contributed by atoms with Crippen molar-refractivity contribution in [2.24, 2.45) is 0 Å². The number of aromatic hydroxyl groups is 1. The molecule has 0 radical (unpaired) electrons. The van der Waals surface area contributed by atoms with Crippen molar-refractivity contribution >= 4 is 5.91 Å². The van der Waals surface area contributed by atoms with Crippen molar-refractivity contribution in [1.29, 1.82) is 0 Å². The molecule has 0 aromatic heterocycles. The van der Waals surface area contributed by atoms with Crippen molar-refractivity contribution in [3.8, 4) is 11.5 Å². The first-order chi connectivity index (χ1) is 11.1. The number of ether oxygens (including phenoxy) is 1. The van der Waals surface area contributed by atoms with Crippen molar-refractivity contribution < 1.29 is 14.6 Å². The summed E-state index contributed by atoms with van der Waals surface area (Å²) in [6.45, 7) is 5.06. The van der Waals surface area contributed by atoms with Crippen LogP contribution in [-0.4, -0.2) is 35.1 Å². The molecule has 3 rings (SSSR count). The summed E-state index contributed by atoms with van der Waals surface area (Å²) in [5, 5.41) is 9.73. The molecule has 1 heterocycles. The Hall–Kier alpha value is -2.49. The monoisotopic (exact) mass is 311 g/mol. The van der Waals surface area contributed by atoms with Gasteiger partial charge < -0.3 is 14.7 Å². The summed E-state index contributed by atoms with van der Waals surface area (Å²) in [6.07, 6.45) is 0.958. The van der Waals surface area contributed by atoms with Crippen molar-refractivity contribution in [1.82, 2.24) is 4.90 Å². The minimum Gasteiger partial charge on any atom is -0.508 e. The molecule has 4 nitrogen and oxygen atoms in total. The number of aryl methyl sites for hydroxylation is 2. The quantitative estimate of drug-likeness (QED) is 0.943. The number of hydrogen-bond donors (Lipinski definition) is 1. The molecule has 0 unspecified atom stereocenters. The van der Waals surface area contributed by atoms with Crippen LogP contribution in [0.2, 0.25) is 0 Å². The van der Waals surface area contributed by atoms with Gasteiger partial charge in [-0.05, 0) is 42.7 Å². The van der Waals surface area contributed by atoms with E-state index < -0.39 is 0 Å². The van der Waals surface area contributed by atoms with Gasteiger partial charge in [-0.3, -0.25) is 4.79 Å². The number of rotatable bonds is 4. The second-order valence-corrected chi connectivity index (χ2v) is 5.91. The molecule has 120 valence electrons. The third-order valence-corrected chi connectivity index (χ3v) is 4.24. The zero-order valence-corrected chi connectivity index (χ0v) is 13.5. The Morgan fingerprint density at radius 2 is 2.00 bits per heavy atom. The molecule has 1 N–H and O–H groups in total. The van der Waals surface area contributed by atoms with E-state index in [0.29, 0.717) is 18.7 Å². The lowest BCUT2D eigenvalue weighted by Gasteiger charge is -2.39. The van der Waals surface area contributed by atoms with Crippen LogP contribution in [0.3, 0.4) is 0 Å². The Balaban J connectivity index is 1.60. The molecule has 23 heavy (non-hydrogen) atoms. The van der Waals surface area contributed by atoms with Gasteiger partial charge in [0, 0.05) is 5.56 Å². The van der Waals surface area contributed by atoms with E-state index in [1.807, 2.05) is 25.1 Å². The number of hydrogen-bond acceptors (Lipinski definition) is 3. The van der Waals surface area contributed by atoms with Gasteiger partial charge in [0.1, 0.15) is 17.6 Å². The van der Waals surface area contributed by atoms with Crippen molar-refractivity contribution in [2.45, 2.75) is 26.4 Å². The summed E-state index contributed by atoms with van der Waals surface area (Å²) in [5.74, 6) is 0.991. The number of benzene rings is 2. The fraction of sp³-hybridized carbons (Fsp3) is 0.316. The average Bonchev–Trinajstić information content (AvgIpc) is 2.53. The smallest absolute Gasteiger partial charge is 0.254 e. The van der Waals surface area contributed by atoms with Crippen LogP contribution < -0.4 is 4.74 Å². The van der Waals surface area contributed by atoms with E-state index in [1.165, 1.54) is 11.6 Å². The number of likely N-dealkylation sites (tertiary alicyclic amines) is 1. The highest BCUT2D eigenvalue weighted by Crippen LogP contribution is 2.25. The van der Waals surface area contributed by atoms with E-state index >= 15 is 0 Å². The van der Waals surface area contributed by atoms with E-state index in [1.54, 1.807) is 17.0 Å². The van der Waals surface area contributed by atoms with Crippen molar-refractivity contribution in [3.05, 3.63) is 59.2 Å². The number of amides is 1. The number of carbonyl (C=O) groups is 1. The predicted octanol–water partition coefficient (Wildman–Crippen LogP) is 3.17. The molecule has 0 spiro atoms. The zero-order valence-electron chi connectivity index (χ0n) is 13.5. The predicted molar refractivity (Wildman–Crippen MR) is 89.0 cm³/mol. The Kier molecular flexibility index (Phi) is 4.24. The molecule has 1 saturated heterocycles. The third kappa shape index (κ3) is 3.16. The molecule has 0 aliphatic carbocycles. The van der Waals surface area contributed by atoms with Crippen LogP contribution in [0.4, 0.5) is 0 Å². The first-order valence-corrected chi connectivity index (χ1v) is 7.92. The first kappa shape index (κ1) is 15.4. The molecular formula is C19H21NO3. The van der Waals surface area contributed by atoms with Crippen molar-refractivity contribution in [3.63, 3.8) is 0 Å². The highest BCUT2D eigenvalue weighted by atomic mass is 16.5. The Bertz CT molecular complexity index is 720. The Labute approximate surface area is 136 Å². The largest absolute Gasteiger partial charge is 0.508 e. The van der Waals surface area contributed by atoms with Crippen molar-refractivity contribution in [2.75, 3.05) is 13.1 Å². The lowest BCUT2D eigenvalue weighted by molar-refractivity contribution is 0.0174. The topological polar surface area (TPSA) is 49.8 Å². The van der Waals surface area contributed by atoms with Gasteiger partial charge in [0.25, 0.3) is 5.91 Å². The number of para-hydroxylation sites is 1.